The van der Waals surface area contributed by atoms with Gasteiger partial charge in [0.2, 0.25) is 11.6 Å². The molecule has 4 aromatic rings. The van der Waals surface area contributed by atoms with Crippen LogP contribution < -0.4 is 37.1 Å². The number of aromatic nitrogens is 4. The maximum Gasteiger partial charge on any atom is 0.291 e. The number of carbonyl (C=O) groups is 5. The molecule has 18 heteroatoms. The van der Waals surface area contributed by atoms with Gasteiger partial charge >= 0.3 is 0 Å². The molecule has 2 aromatic carbocycles. The van der Waals surface area contributed by atoms with Gasteiger partial charge in [-0.25, -0.2) is 9.97 Å². The van der Waals surface area contributed by atoms with E-state index in [-0.39, 0.29) is 54.4 Å². The minimum Gasteiger partial charge on any atom is -0.497 e. The van der Waals surface area contributed by atoms with Crippen molar-refractivity contribution in [1.82, 2.24) is 34.6 Å². The van der Waals surface area contributed by atoms with Gasteiger partial charge in [-0.15, -0.1) is 0 Å². The molecule has 1 aliphatic rings. The van der Waals surface area contributed by atoms with Gasteiger partial charge in [0.05, 0.1) is 32.6 Å². The summed E-state index contributed by atoms with van der Waals surface area (Å²) in [6, 6.07) is 13.2. The lowest BCUT2D eigenvalue weighted by Crippen LogP contribution is -2.59. The van der Waals surface area contributed by atoms with Gasteiger partial charge in [-0.2, -0.15) is 0 Å². The van der Waals surface area contributed by atoms with Crippen LogP contribution >= 0.6 is 0 Å². The number of amidine groups is 1. The van der Waals surface area contributed by atoms with Crippen LogP contribution in [0.5, 0.6) is 5.75 Å². The Morgan fingerprint density at radius 2 is 1.46 bits per heavy atom. The summed E-state index contributed by atoms with van der Waals surface area (Å²) >= 11 is 0. The number of nitrogens with zero attached hydrogens (tertiary/aromatic N) is 6. The first-order valence-corrected chi connectivity index (χ1v) is 18.2. The Balaban J connectivity index is 1.46. The fraction of sp³-hybridized carbons (Fsp3) is 0.333. The Labute approximate surface area is 327 Å². The van der Waals surface area contributed by atoms with E-state index in [0.717, 1.165) is 21.5 Å². The third kappa shape index (κ3) is 9.29. The number of aliphatic imine (C=N–C) groups is 1. The summed E-state index contributed by atoms with van der Waals surface area (Å²) in [6.07, 6.45) is 2.44. The number of amides is 5. The molecule has 5 amide bonds. The van der Waals surface area contributed by atoms with Crippen molar-refractivity contribution in [2.45, 2.75) is 52.7 Å². The highest BCUT2D eigenvalue weighted by Gasteiger charge is 2.37. The number of benzene rings is 2. The average molecular weight is 781 g/mol. The number of hydrogen-bond acceptors (Lipinski definition) is 11. The van der Waals surface area contributed by atoms with Crippen molar-refractivity contribution >= 4 is 46.7 Å². The molecular formula is C39H44N10O8. The van der Waals surface area contributed by atoms with Crippen molar-refractivity contribution in [3.63, 3.8) is 0 Å². The van der Waals surface area contributed by atoms with E-state index in [1.807, 2.05) is 13.8 Å². The molecule has 2 atom stereocenters. The zero-order chi connectivity index (χ0) is 41.4. The molecule has 5 rings (SSSR count). The molecule has 0 bridgehead atoms. The summed E-state index contributed by atoms with van der Waals surface area (Å²) in [4.78, 5) is 108. The fourth-order valence-corrected chi connectivity index (χ4v) is 5.91. The van der Waals surface area contributed by atoms with Crippen molar-refractivity contribution in [1.29, 1.82) is 0 Å². The predicted octanol–water partition coefficient (Wildman–Crippen LogP) is 2.07. The average Bonchev–Trinajstić information content (AvgIpc) is 3.21. The van der Waals surface area contributed by atoms with E-state index in [9.17, 15) is 33.6 Å². The van der Waals surface area contributed by atoms with Crippen LogP contribution in [0.15, 0.2) is 81.6 Å². The summed E-state index contributed by atoms with van der Waals surface area (Å²) in [7, 11) is 2.93. The van der Waals surface area contributed by atoms with Crippen LogP contribution in [-0.4, -0.2) is 92.7 Å². The first-order chi connectivity index (χ1) is 27.3. The number of likely N-dealkylation sites (N-methyl/N-ethyl adjacent to an activating group) is 1. The maximum absolute atomic E-state index is 14.0. The molecular weight excluding hydrogens is 736 g/mol. The van der Waals surface area contributed by atoms with E-state index < -0.39 is 52.7 Å². The third-order valence-corrected chi connectivity index (χ3v) is 9.04. The Bertz CT molecular complexity index is 2320. The highest BCUT2D eigenvalue weighted by molar-refractivity contribution is 6.41. The van der Waals surface area contributed by atoms with Crippen LogP contribution in [0.3, 0.4) is 0 Å². The molecule has 1 aliphatic heterocycles. The minimum atomic E-state index is -1.15. The van der Waals surface area contributed by atoms with Crippen molar-refractivity contribution < 1.29 is 28.7 Å². The molecule has 2 unspecified atom stereocenters. The summed E-state index contributed by atoms with van der Waals surface area (Å²) in [5.74, 6) is -3.70. The molecule has 2 aromatic heterocycles. The van der Waals surface area contributed by atoms with Gasteiger partial charge in [-0.3, -0.25) is 52.6 Å². The van der Waals surface area contributed by atoms with Crippen LogP contribution in [0.4, 0.5) is 11.4 Å². The maximum atomic E-state index is 14.0. The number of hydrogen-bond donors (Lipinski definition) is 4. The SMILES string of the molecule is CCC(C)n1c(C(=O)NC2CN=C(C(=O)NC)N(CC(C)C)C2=O)ncc(NC(=O)c2ncc(NC(=O)c3ccccc3)c(=O)n2Cc2ccc(OC)cc2)c1=O. The first-order valence-electron chi connectivity index (χ1n) is 18.2. The van der Waals surface area contributed by atoms with Crippen LogP contribution in [0, 0.1) is 5.92 Å². The highest BCUT2D eigenvalue weighted by atomic mass is 16.5. The Morgan fingerprint density at radius 1 is 0.825 bits per heavy atom. The zero-order valence-corrected chi connectivity index (χ0v) is 32.4. The molecule has 0 aliphatic carbocycles. The summed E-state index contributed by atoms with van der Waals surface area (Å²) in [5, 5.41) is 10.1. The lowest BCUT2D eigenvalue weighted by molar-refractivity contribution is -0.131. The Hall–Kier alpha value is -6.98. The molecule has 18 nitrogen and oxygen atoms in total. The number of nitrogens with one attached hydrogen (secondary N) is 4. The highest BCUT2D eigenvalue weighted by Crippen LogP contribution is 2.17. The molecule has 298 valence electrons. The largest absolute Gasteiger partial charge is 0.497 e. The van der Waals surface area contributed by atoms with E-state index in [1.54, 1.807) is 68.4 Å². The van der Waals surface area contributed by atoms with Crippen LogP contribution in [0.2, 0.25) is 0 Å². The topological polar surface area (TPSA) is 228 Å². The number of rotatable bonds is 14. The fourth-order valence-electron chi connectivity index (χ4n) is 5.91. The smallest absolute Gasteiger partial charge is 0.291 e. The first kappa shape index (κ1) is 41.2. The number of anilines is 2. The van der Waals surface area contributed by atoms with Crippen molar-refractivity contribution in [2.24, 2.45) is 10.9 Å². The molecule has 0 radical (unpaired) electrons. The number of ether oxygens (including phenoxy) is 1. The van der Waals surface area contributed by atoms with E-state index >= 15 is 0 Å². The molecule has 4 N–H and O–H groups in total. The summed E-state index contributed by atoms with van der Waals surface area (Å²) in [5.41, 5.74) is -1.15. The monoisotopic (exact) mass is 780 g/mol. The Morgan fingerprint density at radius 3 is 2.07 bits per heavy atom. The van der Waals surface area contributed by atoms with E-state index in [4.69, 9.17) is 4.74 Å². The second-order valence-corrected chi connectivity index (χ2v) is 13.5. The third-order valence-electron chi connectivity index (χ3n) is 9.04. The Kier molecular flexibility index (Phi) is 13.1. The van der Waals surface area contributed by atoms with E-state index in [2.05, 4.69) is 36.2 Å². The lowest BCUT2D eigenvalue weighted by Gasteiger charge is -2.32. The van der Waals surface area contributed by atoms with Gasteiger partial charge in [-0.05, 0) is 49.1 Å². The van der Waals surface area contributed by atoms with Gasteiger partial charge in [0.15, 0.2) is 5.84 Å². The number of methoxy groups -OCH3 is 1. The number of carbonyl (C=O) groups excluding carboxylic acids is 5. The van der Waals surface area contributed by atoms with Crippen molar-refractivity contribution in [3.05, 3.63) is 110 Å². The second-order valence-electron chi connectivity index (χ2n) is 13.5. The second kappa shape index (κ2) is 18.1. The van der Waals surface area contributed by atoms with Gasteiger partial charge in [0.1, 0.15) is 23.2 Å². The predicted molar refractivity (Wildman–Crippen MR) is 211 cm³/mol. The molecule has 0 saturated heterocycles. The quantitative estimate of drug-likeness (QED) is 0.146. The van der Waals surface area contributed by atoms with Crippen molar-refractivity contribution in [2.75, 3.05) is 37.9 Å². The lowest BCUT2D eigenvalue weighted by atomic mass is 10.1. The molecule has 0 saturated carbocycles. The van der Waals surface area contributed by atoms with Gasteiger partial charge < -0.3 is 26.0 Å². The van der Waals surface area contributed by atoms with E-state index in [0.29, 0.717) is 23.3 Å². The van der Waals surface area contributed by atoms with Crippen LogP contribution in [0.25, 0.3) is 0 Å². The van der Waals surface area contributed by atoms with Crippen LogP contribution in [0.1, 0.15) is 77.3 Å². The normalized spacial score (nSPS) is 14.4. The standard InChI is InChI=1S/C39H44N10O8/c1-7-23(4)49-32(36(53)45-28-18-41-30(34(51)40-5)47(37(28)54)20-22(2)3)43-19-29(39(49)56)46-35(52)31-42-17-27(44-33(50)25-11-9-8-10-12-25)38(55)48(31)21-24-13-15-26(57-6)16-14-24/h8-17,19,22-23,28H,7,18,20-21H2,1-6H3,(H,40,51)(H,44,50)(H,45,53)(H,46,52). The summed E-state index contributed by atoms with van der Waals surface area (Å²) in [6.45, 7) is 7.00. The molecule has 0 spiro atoms. The minimum absolute atomic E-state index is 0.0240. The van der Waals surface area contributed by atoms with Gasteiger partial charge in [-0.1, -0.05) is 51.1 Å². The molecule has 3 heterocycles. The molecule has 57 heavy (non-hydrogen) atoms. The molecule has 0 fully saturated rings. The summed E-state index contributed by atoms with van der Waals surface area (Å²) < 4.78 is 7.39. The van der Waals surface area contributed by atoms with Gasteiger partial charge in [0, 0.05) is 25.2 Å². The van der Waals surface area contributed by atoms with E-state index in [1.165, 1.54) is 19.1 Å². The van der Waals surface area contributed by atoms with Crippen molar-refractivity contribution in [3.8, 4) is 5.75 Å². The van der Waals surface area contributed by atoms with Gasteiger partial charge in [0.25, 0.3) is 40.7 Å². The zero-order valence-electron chi connectivity index (χ0n) is 32.4. The van der Waals surface area contributed by atoms with Crippen LogP contribution in [-0.2, 0) is 16.1 Å².